The maximum atomic E-state index is 10.4. The van der Waals surface area contributed by atoms with E-state index in [1.807, 2.05) is 19.9 Å². The second-order valence-corrected chi connectivity index (χ2v) is 5.42. The monoisotopic (exact) mass is 314 g/mol. The molecule has 9 heteroatoms. The Labute approximate surface area is 140 Å². The van der Waals surface area contributed by atoms with E-state index in [9.17, 15) is 13.0 Å². The fourth-order valence-corrected chi connectivity index (χ4v) is 2.42. The van der Waals surface area contributed by atoms with Gasteiger partial charge >= 0.3 is 29.6 Å². The molecule has 0 bridgehead atoms. The molecule has 0 saturated carbocycles. The SMILES string of the molecule is CCN(CC)c1ccc(N)c(SOS(=O)(=O)[O-])c1.[Na+]. The summed E-state index contributed by atoms with van der Waals surface area (Å²) in [5, 5.41) is 0. The molecule has 1 rings (SSSR count). The molecule has 0 heterocycles. The van der Waals surface area contributed by atoms with Crippen LogP contribution in [0.15, 0.2) is 23.1 Å². The summed E-state index contributed by atoms with van der Waals surface area (Å²) in [6.07, 6.45) is 0. The van der Waals surface area contributed by atoms with Crippen LogP contribution in [-0.2, 0) is 14.0 Å². The van der Waals surface area contributed by atoms with E-state index in [4.69, 9.17) is 5.73 Å². The van der Waals surface area contributed by atoms with Crippen LogP contribution < -0.4 is 40.2 Å². The van der Waals surface area contributed by atoms with E-state index >= 15 is 0 Å². The predicted molar refractivity (Wildman–Crippen MR) is 71.1 cm³/mol. The third kappa shape index (κ3) is 6.35. The molecular weight excluding hydrogens is 299 g/mol. The third-order valence-electron chi connectivity index (χ3n) is 2.33. The van der Waals surface area contributed by atoms with Crippen molar-refractivity contribution in [3.8, 4) is 0 Å². The Balaban J connectivity index is 0.00000324. The molecule has 0 spiro atoms. The fraction of sp³-hybridized carbons (Fsp3) is 0.400. The Morgan fingerprint density at radius 1 is 1.37 bits per heavy atom. The molecule has 0 fully saturated rings. The first-order valence-corrected chi connectivity index (χ1v) is 7.41. The molecule has 0 radical (unpaired) electrons. The van der Waals surface area contributed by atoms with Crippen molar-refractivity contribution in [2.75, 3.05) is 23.7 Å². The topological polar surface area (TPSA) is 95.7 Å². The standard InChI is InChI=1S/C10H16N2O4S2.Na/c1-3-12(4-2)8-5-6-9(11)10(7-8)17-16-18(13,14)15;/h5-7H,3-4,11H2,1-2H3,(H,13,14,15);/q;+1/p-1. The summed E-state index contributed by atoms with van der Waals surface area (Å²) in [6, 6.07) is 5.17. The molecule has 0 aliphatic rings. The Kier molecular flexibility index (Phi) is 8.37. The first-order chi connectivity index (χ1) is 8.37. The Morgan fingerprint density at radius 3 is 2.42 bits per heavy atom. The predicted octanol–water partition coefficient (Wildman–Crippen LogP) is -1.40. The van der Waals surface area contributed by atoms with Crippen LogP contribution in [0.5, 0.6) is 0 Å². The quantitative estimate of drug-likeness (QED) is 0.227. The van der Waals surface area contributed by atoms with Gasteiger partial charge in [-0.2, -0.15) is 0 Å². The normalized spacial score (nSPS) is 10.9. The Hall–Kier alpha value is 0.0400. The van der Waals surface area contributed by atoms with E-state index in [0.29, 0.717) is 22.6 Å². The molecule has 0 aliphatic heterocycles. The van der Waals surface area contributed by atoms with Crippen LogP contribution in [0.4, 0.5) is 11.4 Å². The minimum absolute atomic E-state index is 0. The molecule has 2 N–H and O–H groups in total. The number of anilines is 2. The van der Waals surface area contributed by atoms with Gasteiger partial charge in [0.05, 0.1) is 16.9 Å². The van der Waals surface area contributed by atoms with Gasteiger partial charge in [0.1, 0.15) is 0 Å². The van der Waals surface area contributed by atoms with Gasteiger partial charge in [-0.1, -0.05) is 0 Å². The van der Waals surface area contributed by atoms with Crippen LogP contribution in [-0.4, -0.2) is 26.1 Å². The molecule has 0 amide bonds. The molecule has 0 atom stereocenters. The molecule has 1 aromatic rings. The first-order valence-electron chi connectivity index (χ1n) is 5.33. The minimum Gasteiger partial charge on any atom is -0.725 e. The first kappa shape index (κ1) is 19.0. The van der Waals surface area contributed by atoms with Crippen LogP contribution in [0, 0.1) is 0 Å². The van der Waals surface area contributed by atoms with Crippen molar-refractivity contribution in [3.63, 3.8) is 0 Å². The Morgan fingerprint density at radius 2 is 1.95 bits per heavy atom. The van der Waals surface area contributed by atoms with Gasteiger partial charge in [0, 0.05) is 24.5 Å². The summed E-state index contributed by atoms with van der Waals surface area (Å²) in [6.45, 7) is 5.63. The fourth-order valence-electron chi connectivity index (χ4n) is 1.46. The summed E-state index contributed by atoms with van der Waals surface area (Å²) in [4.78, 5) is 2.47. The Bertz CT molecular complexity index is 506. The molecule has 102 valence electrons. The molecular formula is C10H15N2NaO4S2. The number of nitrogen functional groups attached to an aromatic ring is 1. The van der Waals surface area contributed by atoms with Crippen LogP contribution >= 0.6 is 12.0 Å². The molecule has 0 aromatic heterocycles. The van der Waals surface area contributed by atoms with Gasteiger partial charge in [-0.25, -0.2) is 12.0 Å². The molecule has 1 aromatic carbocycles. The number of rotatable bonds is 6. The van der Waals surface area contributed by atoms with Gasteiger partial charge in [-0.15, -0.1) is 0 Å². The number of hydrogen-bond donors (Lipinski definition) is 1. The van der Waals surface area contributed by atoms with Crippen LogP contribution in [0.1, 0.15) is 13.8 Å². The molecule has 0 aliphatic carbocycles. The van der Waals surface area contributed by atoms with Gasteiger partial charge < -0.3 is 15.2 Å². The number of nitrogens with two attached hydrogens (primary N) is 1. The number of nitrogens with zero attached hydrogens (tertiary/aromatic N) is 1. The maximum Gasteiger partial charge on any atom is 1.00 e. The van der Waals surface area contributed by atoms with E-state index in [0.717, 1.165) is 18.8 Å². The maximum absolute atomic E-state index is 10.4. The van der Waals surface area contributed by atoms with Crippen LogP contribution in [0.25, 0.3) is 0 Å². The van der Waals surface area contributed by atoms with E-state index < -0.39 is 10.4 Å². The summed E-state index contributed by atoms with van der Waals surface area (Å²) in [7, 11) is -4.74. The van der Waals surface area contributed by atoms with E-state index in [1.54, 1.807) is 12.1 Å². The molecule has 0 unspecified atom stereocenters. The third-order valence-corrected chi connectivity index (χ3v) is 3.80. The van der Waals surface area contributed by atoms with Crippen molar-refractivity contribution in [1.82, 2.24) is 0 Å². The average Bonchev–Trinajstić information content (AvgIpc) is 2.30. The molecule has 19 heavy (non-hydrogen) atoms. The van der Waals surface area contributed by atoms with Crippen molar-refractivity contribution < 1.29 is 46.2 Å². The van der Waals surface area contributed by atoms with Crippen LogP contribution in [0.2, 0.25) is 0 Å². The smallest absolute Gasteiger partial charge is 0.725 e. The van der Waals surface area contributed by atoms with Crippen LogP contribution in [0.3, 0.4) is 0 Å². The summed E-state index contributed by atoms with van der Waals surface area (Å²) in [5.74, 6) is 0. The van der Waals surface area contributed by atoms with Crippen molar-refractivity contribution in [2.24, 2.45) is 0 Å². The number of hydrogen-bond acceptors (Lipinski definition) is 7. The van der Waals surface area contributed by atoms with Crippen molar-refractivity contribution in [2.45, 2.75) is 18.7 Å². The summed E-state index contributed by atoms with van der Waals surface area (Å²) >= 11 is 0.454. The van der Waals surface area contributed by atoms with Gasteiger partial charge in [0.2, 0.25) is 10.4 Å². The van der Waals surface area contributed by atoms with E-state index in [-0.39, 0.29) is 29.6 Å². The molecule has 6 nitrogen and oxygen atoms in total. The van der Waals surface area contributed by atoms with Gasteiger partial charge in [0.15, 0.2) is 0 Å². The summed E-state index contributed by atoms with van der Waals surface area (Å²) < 4.78 is 35.3. The average molecular weight is 314 g/mol. The van der Waals surface area contributed by atoms with Gasteiger partial charge in [-0.3, -0.25) is 0 Å². The second-order valence-electron chi connectivity index (χ2n) is 3.45. The van der Waals surface area contributed by atoms with Crippen molar-refractivity contribution in [1.29, 1.82) is 0 Å². The van der Waals surface area contributed by atoms with Gasteiger partial charge in [0.25, 0.3) is 0 Å². The van der Waals surface area contributed by atoms with E-state index in [1.165, 1.54) is 0 Å². The van der Waals surface area contributed by atoms with Gasteiger partial charge in [-0.05, 0) is 32.0 Å². The zero-order valence-corrected chi connectivity index (χ0v) is 14.8. The van der Waals surface area contributed by atoms with Crippen molar-refractivity contribution >= 4 is 33.8 Å². The largest absolute Gasteiger partial charge is 1.00 e. The van der Waals surface area contributed by atoms with Crippen molar-refractivity contribution in [3.05, 3.63) is 18.2 Å². The summed E-state index contributed by atoms with van der Waals surface area (Å²) in [5.41, 5.74) is 6.94. The molecule has 0 saturated heterocycles. The van der Waals surface area contributed by atoms with E-state index in [2.05, 4.69) is 8.53 Å². The zero-order valence-electron chi connectivity index (χ0n) is 11.1. The number of benzene rings is 1. The minimum atomic E-state index is -4.74. The second kappa shape index (κ2) is 8.35. The zero-order chi connectivity index (χ0) is 13.8.